The van der Waals surface area contributed by atoms with E-state index in [4.69, 9.17) is 4.74 Å². The van der Waals surface area contributed by atoms with Crippen LogP contribution in [0.5, 0.6) is 0 Å². The van der Waals surface area contributed by atoms with Crippen LogP contribution in [-0.2, 0) is 26.9 Å². The summed E-state index contributed by atoms with van der Waals surface area (Å²) >= 11 is 0. The topological polar surface area (TPSA) is 75.7 Å². The highest BCUT2D eigenvalue weighted by Crippen LogP contribution is 2.29. The molecule has 0 radical (unpaired) electrons. The molecule has 1 atom stereocenters. The molecule has 2 amide bonds. The molecule has 0 aromatic heterocycles. The van der Waals surface area contributed by atoms with Gasteiger partial charge in [0.15, 0.2) is 9.84 Å². The number of carbonyl (C=O) groups is 1. The Balaban J connectivity index is 1.51. The Morgan fingerprint density at radius 3 is 2.44 bits per heavy atom. The van der Waals surface area contributed by atoms with Crippen molar-refractivity contribution in [1.82, 2.24) is 10.2 Å². The van der Waals surface area contributed by atoms with Crippen molar-refractivity contribution in [2.45, 2.75) is 37.6 Å². The number of nitrogens with one attached hydrogen (secondary N) is 1. The van der Waals surface area contributed by atoms with Crippen molar-refractivity contribution >= 4 is 15.9 Å². The number of benzene rings is 1. The minimum atomic E-state index is -3.03. The first-order chi connectivity index (χ1) is 11.9. The molecule has 2 fully saturated rings. The lowest BCUT2D eigenvalue weighted by molar-refractivity contribution is 0.162. The standard InChI is InChI=1S/C18H26N2O4S/c1-25(22,23)13-15-4-2-14(3-5-15)10-19-18(21)20(17-6-7-17)11-16-8-9-24-12-16/h2-5,16-17H,6-13H2,1H3,(H,19,21). The van der Waals surface area contributed by atoms with Crippen LogP contribution in [0.1, 0.15) is 30.4 Å². The average molecular weight is 366 g/mol. The molecule has 6 nitrogen and oxygen atoms in total. The molecule has 1 unspecified atom stereocenters. The van der Waals surface area contributed by atoms with Gasteiger partial charge in [-0.05, 0) is 30.4 Å². The minimum Gasteiger partial charge on any atom is -0.381 e. The van der Waals surface area contributed by atoms with Crippen LogP contribution in [0, 0.1) is 5.92 Å². The smallest absolute Gasteiger partial charge is 0.317 e. The van der Waals surface area contributed by atoms with E-state index in [1.54, 1.807) is 12.1 Å². The van der Waals surface area contributed by atoms with Gasteiger partial charge in [-0.3, -0.25) is 0 Å². The Hall–Kier alpha value is -1.60. The Kier molecular flexibility index (Phi) is 5.64. The normalized spacial score (nSPS) is 20.4. The quantitative estimate of drug-likeness (QED) is 0.800. The van der Waals surface area contributed by atoms with E-state index in [0.717, 1.165) is 50.1 Å². The minimum absolute atomic E-state index is 0.0189. The highest BCUT2D eigenvalue weighted by atomic mass is 32.2. The molecule has 1 aliphatic heterocycles. The first kappa shape index (κ1) is 18.2. The lowest BCUT2D eigenvalue weighted by Gasteiger charge is -2.25. The highest BCUT2D eigenvalue weighted by Gasteiger charge is 2.34. The predicted molar refractivity (Wildman–Crippen MR) is 95.9 cm³/mol. The van der Waals surface area contributed by atoms with Gasteiger partial charge in [-0.2, -0.15) is 0 Å². The SMILES string of the molecule is CS(=O)(=O)Cc1ccc(CNC(=O)N(CC2CCOC2)C2CC2)cc1. The fraction of sp³-hybridized carbons (Fsp3) is 0.611. The molecule has 1 heterocycles. The van der Waals surface area contributed by atoms with Gasteiger partial charge < -0.3 is 15.0 Å². The van der Waals surface area contributed by atoms with Gasteiger partial charge in [0.05, 0.1) is 12.4 Å². The van der Waals surface area contributed by atoms with Crippen molar-refractivity contribution < 1.29 is 17.9 Å². The molecule has 1 aliphatic carbocycles. The zero-order chi connectivity index (χ0) is 17.9. The van der Waals surface area contributed by atoms with Crippen LogP contribution in [0.3, 0.4) is 0 Å². The molecule has 25 heavy (non-hydrogen) atoms. The van der Waals surface area contributed by atoms with Crippen LogP contribution in [0.2, 0.25) is 0 Å². The van der Waals surface area contributed by atoms with E-state index in [-0.39, 0.29) is 11.8 Å². The number of sulfone groups is 1. The van der Waals surface area contributed by atoms with Gasteiger partial charge in [0.2, 0.25) is 0 Å². The van der Waals surface area contributed by atoms with Gasteiger partial charge in [-0.1, -0.05) is 24.3 Å². The maximum absolute atomic E-state index is 12.5. The molecular formula is C18H26N2O4S. The van der Waals surface area contributed by atoms with Gasteiger partial charge in [0, 0.05) is 37.9 Å². The second kappa shape index (κ2) is 7.74. The lowest BCUT2D eigenvalue weighted by Crippen LogP contribution is -2.43. The number of nitrogens with zero attached hydrogens (tertiary/aromatic N) is 1. The molecule has 138 valence electrons. The molecule has 0 bridgehead atoms. The summed E-state index contributed by atoms with van der Waals surface area (Å²) in [6.07, 6.45) is 4.42. The monoisotopic (exact) mass is 366 g/mol. The third-order valence-corrected chi connectivity index (χ3v) is 5.48. The molecule has 1 aromatic rings. The number of urea groups is 1. The molecule has 1 saturated carbocycles. The third kappa shape index (κ3) is 5.71. The molecule has 3 rings (SSSR count). The van der Waals surface area contributed by atoms with Crippen LogP contribution >= 0.6 is 0 Å². The van der Waals surface area contributed by atoms with Crippen LogP contribution in [0.25, 0.3) is 0 Å². The van der Waals surface area contributed by atoms with Crippen molar-refractivity contribution in [3.05, 3.63) is 35.4 Å². The van der Waals surface area contributed by atoms with Crippen LogP contribution in [0.15, 0.2) is 24.3 Å². The predicted octanol–water partition coefficient (Wildman–Crippen LogP) is 1.94. The van der Waals surface area contributed by atoms with Crippen molar-refractivity contribution in [1.29, 1.82) is 0 Å². The molecule has 2 aliphatic rings. The zero-order valence-electron chi connectivity index (χ0n) is 14.6. The summed E-state index contributed by atoms with van der Waals surface area (Å²) in [5.41, 5.74) is 1.73. The molecule has 7 heteroatoms. The molecular weight excluding hydrogens is 340 g/mol. The second-order valence-corrected chi connectivity index (χ2v) is 9.30. The van der Waals surface area contributed by atoms with Gasteiger partial charge >= 0.3 is 6.03 Å². The summed E-state index contributed by atoms with van der Waals surface area (Å²) < 4.78 is 28.0. The lowest BCUT2D eigenvalue weighted by atomic mass is 10.1. The molecule has 1 aromatic carbocycles. The summed E-state index contributed by atoms with van der Waals surface area (Å²) in [5, 5.41) is 2.99. The Bertz CT molecular complexity index is 692. The van der Waals surface area contributed by atoms with Gasteiger partial charge in [-0.15, -0.1) is 0 Å². The van der Waals surface area contributed by atoms with E-state index in [2.05, 4.69) is 5.32 Å². The Morgan fingerprint density at radius 2 is 1.88 bits per heavy atom. The zero-order valence-corrected chi connectivity index (χ0v) is 15.4. The summed E-state index contributed by atoms with van der Waals surface area (Å²) in [6.45, 7) is 2.76. The van der Waals surface area contributed by atoms with Crippen molar-refractivity contribution in [3.63, 3.8) is 0 Å². The number of ether oxygens (including phenoxy) is 1. The highest BCUT2D eigenvalue weighted by molar-refractivity contribution is 7.89. The largest absolute Gasteiger partial charge is 0.381 e. The first-order valence-electron chi connectivity index (χ1n) is 8.78. The van der Waals surface area contributed by atoms with E-state index in [9.17, 15) is 13.2 Å². The average Bonchev–Trinajstić information content (AvgIpc) is 3.26. The Morgan fingerprint density at radius 1 is 1.20 bits per heavy atom. The summed E-state index contributed by atoms with van der Waals surface area (Å²) in [4.78, 5) is 14.5. The fourth-order valence-corrected chi connectivity index (χ4v) is 3.92. The molecule has 1 saturated heterocycles. The summed E-state index contributed by atoms with van der Waals surface area (Å²) in [7, 11) is -3.03. The van der Waals surface area contributed by atoms with Crippen LogP contribution in [0.4, 0.5) is 4.79 Å². The number of hydrogen-bond donors (Lipinski definition) is 1. The summed E-state index contributed by atoms with van der Waals surface area (Å²) in [5.74, 6) is 0.486. The van der Waals surface area contributed by atoms with Crippen molar-refractivity contribution in [3.8, 4) is 0 Å². The van der Waals surface area contributed by atoms with Gasteiger partial charge in [-0.25, -0.2) is 13.2 Å². The van der Waals surface area contributed by atoms with Crippen LogP contribution in [-0.4, -0.2) is 51.4 Å². The van der Waals surface area contributed by atoms with Gasteiger partial charge in [0.1, 0.15) is 0 Å². The Labute approximate surface area is 149 Å². The second-order valence-electron chi connectivity index (χ2n) is 7.16. The van der Waals surface area contributed by atoms with E-state index in [0.29, 0.717) is 18.5 Å². The first-order valence-corrected chi connectivity index (χ1v) is 10.8. The maximum Gasteiger partial charge on any atom is 0.317 e. The van der Waals surface area contributed by atoms with Gasteiger partial charge in [0.25, 0.3) is 0 Å². The number of carbonyl (C=O) groups excluding carboxylic acids is 1. The maximum atomic E-state index is 12.5. The number of hydrogen-bond acceptors (Lipinski definition) is 4. The molecule has 1 N–H and O–H groups in total. The fourth-order valence-electron chi connectivity index (χ4n) is 3.12. The third-order valence-electron chi connectivity index (χ3n) is 4.62. The van der Waals surface area contributed by atoms with Crippen molar-refractivity contribution in [2.75, 3.05) is 26.0 Å². The summed E-state index contributed by atoms with van der Waals surface area (Å²) in [6, 6.07) is 7.70. The van der Waals surface area contributed by atoms with Crippen molar-refractivity contribution in [2.24, 2.45) is 5.92 Å². The number of rotatable bonds is 7. The number of amides is 2. The van der Waals surface area contributed by atoms with Crippen LogP contribution < -0.4 is 5.32 Å². The van der Waals surface area contributed by atoms with E-state index >= 15 is 0 Å². The van der Waals surface area contributed by atoms with E-state index < -0.39 is 9.84 Å². The molecule has 0 spiro atoms. The van der Waals surface area contributed by atoms with E-state index in [1.807, 2.05) is 17.0 Å². The van der Waals surface area contributed by atoms with E-state index in [1.165, 1.54) is 6.26 Å².